The molecular formula is C21H43NO4S. The third-order valence-corrected chi connectivity index (χ3v) is 6.07. The number of hydrogen-bond acceptors (Lipinski definition) is 4. The second kappa shape index (κ2) is 15.5. The van der Waals surface area contributed by atoms with Gasteiger partial charge in [-0.3, -0.25) is 4.48 Å². The maximum atomic E-state index is 12.3. The fourth-order valence-electron chi connectivity index (χ4n) is 3.36. The molecule has 5 nitrogen and oxygen atoms in total. The highest BCUT2D eigenvalue weighted by Crippen LogP contribution is 2.14. The highest BCUT2D eigenvalue weighted by molar-refractivity contribution is 7.85. The zero-order chi connectivity index (χ0) is 20.6. The molecule has 0 heterocycles. The van der Waals surface area contributed by atoms with Gasteiger partial charge >= 0.3 is 5.91 Å². The lowest BCUT2D eigenvalue weighted by molar-refractivity contribution is -0.814. The Kier molecular flexibility index (Phi) is 15.2. The van der Waals surface area contributed by atoms with E-state index in [2.05, 4.69) is 6.92 Å². The maximum absolute atomic E-state index is 12.3. The maximum Gasteiger partial charge on any atom is 0.313 e. The normalized spacial score (nSPS) is 12.4. The smallest absolute Gasteiger partial charge is 0.313 e. The molecule has 162 valence electrons. The zero-order valence-electron chi connectivity index (χ0n) is 18.0. The molecule has 0 bridgehead atoms. The largest absolute Gasteiger partial charge is 0.748 e. The Hall–Kier alpha value is -0.460. The van der Waals surface area contributed by atoms with Gasteiger partial charge in [0.1, 0.15) is 0 Å². The fourth-order valence-corrected chi connectivity index (χ4v) is 3.84. The third-order valence-electron chi connectivity index (χ3n) is 5.28. The number of hydrogen-bond donors (Lipinski definition) is 0. The van der Waals surface area contributed by atoms with Gasteiger partial charge in [0.05, 0.1) is 37.2 Å². The molecule has 6 heteroatoms. The van der Waals surface area contributed by atoms with Crippen LogP contribution in [0.5, 0.6) is 0 Å². The van der Waals surface area contributed by atoms with Crippen molar-refractivity contribution in [3.63, 3.8) is 0 Å². The lowest BCUT2D eigenvalue weighted by atomic mass is 10.0. The quantitative estimate of drug-likeness (QED) is 0.183. The van der Waals surface area contributed by atoms with E-state index in [0.29, 0.717) is 13.0 Å². The lowest BCUT2D eigenvalue weighted by Crippen LogP contribution is -2.46. The summed E-state index contributed by atoms with van der Waals surface area (Å²) in [4.78, 5) is 12.3. The van der Waals surface area contributed by atoms with Crippen LogP contribution in [0, 0.1) is 0 Å². The second-order valence-corrected chi connectivity index (χ2v) is 9.93. The number of amides is 1. The predicted octanol–water partition coefficient (Wildman–Crippen LogP) is 5.01. The van der Waals surface area contributed by atoms with E-state index in [1.165, 1.54) is 70.6 Å². The van der Waals surface area contributed by atoms with Crippen molar-refractivity contribution in [1.29, 1.82) is 0 Å². The topological polar surface area (TPSA) is 74.3 Å². The average molecular weight is 406 g/mol. The summed E-state index contributed by atoms with van der Waals surface area (Å²) in [5.74, 6) is -0.262. The summed E-state index contributed by atoms with van der Waals surface area (Å²) in [6.45, 7) is 2.65. The molecule has 0 spiro atoms. The molecule has 0 fully saturated rings. The van der Waals surface area contributed by atoms with Crippen LogP contribution in [0.2, 0.25) is 0 Å². The van der Waals surface area contributed by atoms with E-state index in [1.807, 2.05) is 0 Å². The van der Waals surface area contributed by atoms with Crippen molar-refractivity contribution >= 4 is 16.0 Å². The van der Waals surface area contributed by atoms with Crippen molar-refractivity contribution < 1.29 is 22.2 Å². The molecule has 0 atom stereocenters. The van der Waals surface area contributed by atoms with Crippen LogP contribution < -0.4 is 0 Å². The van der Waals surface area contributed by atoms with Crippen molar-refractivity contribution in [1.82, 2.24) is 0 Å². The van der Waals surface area contributed by atoms with Gasteiger partial charge in [-0.15, -0.1) is 0 Å². The Bertz CT molecular complexity index is 475. The van der Waals surface area contributed by atoms with E-state index in [1.54, 1.807) is 14.1 Å². The van der Waals surface area contributed by atoms with E-state index >= 15 is 0 Å². The Labute approximate surface area is 168 Å². The van der Waals surface area contributed by atoms with Gasteiger partial charge in [0.2, 0.25) is 0 Å². The molecule has 0 N–H and O–H groups in total. The summed E-state index contributed by atoms with van der Waals surface area (Å²) >= 11 is 0. The molecule has 0 unspecified atom stereocenters. The van der Waals surface area contributed by atoms with Crippen LogP contribution in [-0.2, 0) is 14.9 Å². The molecule has 0 aliphatic carbocycles. The number of carbonyl (C=O) groups excluding carboxylic acids is 1. The summed E-state index contributed by atoms with van der Waals surface area (Å²) in [5, 5.41) is 0. The average Bonchev–Trinajstić information content (AvgIpc) is 2.57. The van der Waals surface area contributed by atoms with Crippen molar-refractivity contribution in [2.24, 2.45) is 0 Å². The summed E-state index contributed by atoms with van der Waals surface area (Å²) in [6, 6.07) is 0. The molecule has 0 aliphatic rings. The predicted molar refractivity (Wildman–Crippen MR) is 111 cm³/mol. The molecule has 0 aromatic carbocycles. The SMILES string of the molecule is CCCCCCCCCCCCCCCC(=O)[N+](C)(C)CCCS(=O)(=O)[O-]. The first kappa shape index (κ1) is 26.5. The number of unbranched alkanes of at least 4 members (excludes halogenated alkanes) is 12. The summed E-state index contributed by atoms with van der Waals surface area (Å²) in [7, 11) is -0.598. The van der Waals surface area contributed by atoms with Crippen molar-refractivity contribution in [2.45, 2.75) is 103 Å². The molecule has 0 aliphatic heterocycles. The van der Waals surface area contributed by atoms with Crippen LogP contribution in [0.1, 0.15) is 103 Å². The Balaban J connectivity index is 3.54. The Morgan fingerprint density at radius 3 is 1.56 bits per heavy atom. The molecule has 0 saturated heterocycles. The zero-order valence-corrected chi connectivity index (χ0v) is 18.8. The van der Waals surface area contributed by atoms with Crippen LogP contribution >= 0.6 is 0 Å². The Morgan fingerprint density at radius 1 is 0.741 bits per heavy atom. The van der Waals surface area contributed by atoms with Gasteiger partial charge in [-0.1, -0.05) is 84.0 Å². The van der Waals surface area contributed by atoms with E-state index in [-0.39, 0.29) is 22.6 Å². The first-order chi connectivity index (χ1) is 12.7. The first-order valence-electron chi connectivity index (χ1n) is 11.0. The monoisotopic (exact) mass is 405 g/mol. The minimum absolute atomic E-state index is 0.126. The van der Waals surface area contributed by atoms with Crippen molar-refractivity contribution in [3.8, 4) is 0 Å². The van der Waals surface area contributed by atoms with E-state index < -0.39 is 10.1 Å². The highest BCUT2D eigenvalue weighted by Gasteiger charge is 2.25. The molecule has 0 aromatic heterocycles. The van der Waals surface area contributed by atoms with Crippen LogP contribution in [0.25, 0.3) is 0 Å². The first-order valence-corrected chi connectivity index (χ1v) is 12.6. The van der Waals surface area contributed by atoms with Crippen LogP contribution in [0.3, 0.4) is 0 Å². The van der Waals surface area contributed by atoms with Crippen LogP contribution in [-0.4, -0.2) is 49.8 Å². The Morgan fingerprint density at radius 2 is 1.15 bits per heavy atom. The van der Waals surface area contributed by atoms with E-state index in [4.69, 9.17) is 0 Å². The highest BCUT2D eigenvalue weighted by atomic mass is 32.2. The van der Waals surface area contributed by atoms with Gasteiger partial charge in [0, 0.05) is 12.2 Å². The standard InChI is InChI=1S/C21H43NO4S/c1-4-5-6-7-8-9-10-11-12-13-14-15-16-18-21(23)22(2,3)19-17-20-27(24,25)26/h4-20H2,1-3H3. The minimum atomic E-state index is -4.19. The molecule has 0 rings (SSSR count). The molecule has 0 radical (unpaired) electrons. The van der Waals surface area contributed by atoms with E-state index in [0.717, 1.165) is 12.8 Å². The summed E-state index contributed by atoms with van der Waals surface area (Å²) in [6.07, 6.45) is 17.4. The minimum Gasteiger partial charge on any atom is -0.748 e. The number of quaternary nitrogens is 1. The number of carbonyl (C=O) groups is 1. The summed E-state index contributed by atoms with van der Waals surface area (Å²) in [5.41, 5.74) is 0. The fraction of sp³-hybridized carbons (Fsp3) is 0.952. The van der Waals surface area contributed by atoms with Gasteiger partial charge in [0.25, 0.3) is 0 Å². The molecule has 1 amide bonds. The molecule has 0 saturated carbocycles. The van der Waals surface area contributed by atoms with Gasteiger partial charge in [-0.2, -0.15) is 0 Å². The van der Waals surface area contributed by atoms with Gasteiger partial charge in [0.15, 0.2) is 0 Å². The number of rotatable bonds is 18. The second-order valence-electron chi connectivity index (χ2n) is 8.41. The molecule has 27 heavy (non-hydrogen) atoms. The van der Waals surface area contributed by atoms with Gasteiger partial charge in [-0.25, -0.2) is 13.2 Å². The van der Waals surface area contributed by atoms with Crippen molar-refractivity contribution in [2.75, 3.05) is 26.4 Å². The van der Waals surface area contributed by atoms with Crippen molar-refractivity contribution in [3.05, 3.63) is 0 Å². The third kappa shape index (κ3) is 17.4. The van der Waals surface area contributed by atoms with E-state index in [9.17, 15) is 17.8 Å². The molecule has 0 aromatic rings. The molecular weight excluding hydrogens is 362 g/mol. The van der Waals surface area contributed by atoms with Crippen LogP contribution in [0.4, 0.5) is 0 Å². The lowest BCUT2D eigenvalue weighted by Gasteiger charge is -2.27. The van der Waals surface area contributed by atoms with Gasteiger partial charge in [-0.05, 0) is 6.42 Å². The summed E-state index contributed by atoms with van der Waals surface area (Å²) < 4.78 is 32.1. The van der Waals surface area contributed by atoms with Crippen LogP contribution in [0.15, 0.2) is 0 Å². The number of nitrogens with zero attached hydrogens (tertiary/aromatic N) is 1. The van der Waals surface area contributed by atoms with Gasteiger partial charge < -0.3 is 4.55 Å².